The highest BCUT2D eigenvalue weighted by Gasteiger charge is 2.16. The van der Waals surface area contributed by atoms with E-state index in [0.717, 1.165) is 5.56 Å². The minimum Gasteiger partial charge on any atom is -0.481 e. The van der Waals surface area contributed by atoms with Crippen molar-refractivity contribution < 1.29 is 18.8 Å². The summed E-state index contributed by atoms with van der Waals surface area (Å²) in [5.41, 5.74) is 2.62. The molecule has 9 heteroatoms. The molecule has 36 heavy (non-hydrogen) atoms. The van der Waals surface area contributed by atoms with E-state index >= 15 is 0 Å². The molecule has 0 amide bonds. The van der Waals surface area contributed by atoms with Crippen molar-refractivity contribution in [3.63, 3.8) is 0 Å². The zero-order valence-electron chi connectivity index (χ0n) is 19.1. The lowest BCUT2D eigenvalue weighted by atomic mass is 10.1. The summed E-state index contributed by atoms with van der Waals surface area (Å²) in [5, 5.41) is 13.5. The second-order valence-corrected chi connectivity index (χ2v) is 8.27. The summed E-state index contributed by atoms with van der Waals surface area (Å²) in [6, 6.07) is 18.1. The summed E-state index contributed by atoms with van der Waals surface area (Å²) >= 11 is 0. The third-order valence-corrected chi connectivity index (χ3v) is 5.79. The summed E-state index contributed by atoms with van der Waals surface area (Å²) in [7, 11) is 0. The summed E-state index contributed by atoms with van der Waals surface area (Å²) in [6.45, 7) is 0. The van der Waals surface area contributed by atoms with E-state index in [0.29, 0.717) is 58.8 Å². The Balaban J connectivity index is 1.56. The predicted molar refractivity (Wildman–Crippen MR) is 131 cm³/mol. The molecule has 0 radical (unpaired) electrons. The summed E-state index contributed by atoms with van der Waals surface area (Å²) < 4.78 is 20.4. The standard InChI is InChI=1S/C27H21FN4O4/c28-18-9-11-19(12-10-18)32-25(6-1-2-7-26(33)34)30-23-15-17(8-13-20(23)27(32)35)22-16-24(36-31-22)21-5-3-4-14-29-21/h3-5,8-16H,1-2,6-7H2,(H,33,34). The number of fused-ring (bicyclic) bond motifs is 1. The molecule has 3 aromatic heterocycles. The summed E-state index contributed by atoms with van der Waals surface area (Å²) in [5.74, 6) is -0.300. The van der Waals surface area contributed by atoms with Gasteiger partial charge in [0.25, 0.3) is 5.56 Å². The number of benzene rings is 2. The third kappa shape index (κ3) is 4.76. The van der Waals surface area contributed by atoms with Gasteiger partial charge in [0.1, 0.15) is 23.0 Å². The molecule has 0 bridgehead atoms. The molecule has 0 saturated heterocycles. The Morgan fingerprint density at radius 3 is 2.58 bits per heavy atom. The number of aromatic nitrogens is 4. The van der Waals surface area contributed by atoms with Gasteiger partial charge in [0.2, 0.25) is 0 Å². The molecule has 3 heterocycles. The monoisotopic (exact) mass is 484 g/mol. The van der Waals surface area contributed by atoms with E-state index < -0.39 is 11.8 Å². The minimum atomic E-state index is -0.875. The summed E-state index contributed by atoms with van der Waals surface area (Å²) in [4.78, 5) is 33.4. The van der Waals surface area contributed by atoms with Crippen LogP contribution >= 0.6 is 0 Å². The van der Waals surface area contributed by atoms with E-state index in [1.54, 1.807) is 30.5 Å². The Labute approximate surface area is 204 Å². The third-order valence-electron chi connectivity index (χ3n) is 5.79. The van der Waals surface area contributed by atoms with Crippen LogP contribution in [0.2, 0.25) is 0 Å². The van der Waals surface area contributed by atoms with Crippen molar-refractivity contribution >= 4 is 16.9 Å². The number of unbranched alkanes of at least 4 members (excludes halogenated alkanes) is 1. The van der Waals surface area contributed by atoms with Crippen LogP contribution in [0.4, 0.5) is 4.39 Å². The average Bonchev–Trinajstić information content (AvgIpc) is 3.38. The van der Waals surface area contributed by atoms with Crippen LogP contribution in [-0.2, 0) is 11.2 Å². The molecule has 8 nitrogen and oxygen atoms in total. The normalized spacial score (nSPS) is 11.1. The van der Waals surface area contributed by atoms with Crippen molar-refractivity contribution in [1.82, 2.24) is 19.7 Å². The zero-order chi connectivity index (χ0) is 25.1. The molecule has 0 spiro atoms. The van der Waals surface area contributed by atoms with Crippen LogP contribution in [0.1, 0.15) is 25.1 Å². The van der Waals surface area contributed by atoms with Gasteiger partial charge in [-0.05, 0) is 61.4 Å². The van der Waals surface area contributed by atoms with Crippen LogP contribution in [0, 0.1) is 5.82 Å². The van der Waals surface area contributed by atoms with Crippen LogP contribution in [0.5, 0.6) is 0 Å². The SMILES string of the molecule is O=C(O)CCCCc1nc2cc(-c3cc(-c4ccccn4)on3)ccc2c(=O)n1-c1ccc(F)cc1. The lowest BCUT2D eigenvalue weighted by Gasteiger charge is -2.14. The highest BCUT2D eigenvalue weighted by Crippen LogP contribution is 2.27. The van der Waals surface area contributed by atoms with Crippen molar-refractivity contribution in [1.29, 1.82) is 0 Å². The van der Waals surface area contributed by atoms with E-state index in [4.69, 9.17) is 14.6 Å². The Bertz CT molecular complexity index is 1590. The molecule has 180 valence electrons. The van der Waals surface area contributed by atoms with Crippen LogP contribution in [0.25, 0.3) is 39.3 Å². The Hall–Kier alpha value is -4.66. The fraction of sp³-hybridized carbons (Fsp3) is 0.148. The number of carboxylic acid groups (broad SMARTS) is 1. The highest BCUT2D eigenvalue weighted by atomic mass is 19.1. The number of aliphatic carboxylic acids is 1. The van der Waals surface area contributed by atoms with Gasteiger partial charge in [-0.3, -0.25) is 19.1 Å². The number of hydrogen-bond acceptors (Lipinski definition) is 6. The first kappa shape index (κ1) is 23.1. The number of nitrogens with zero attached hydrogens (tertiary/aromatic N) is 4. The first-order valence-electron chi connectivity index (χ1n) is 11.4. The van der Waals surface area contributed by atoms with Crippen molar-refractivity contribution in [2.45, 2.75) is 25.7 Å². The first-order valence-corrected chi connectivity index (χ1v) is 11.4. The molecule has 0 aliphatic rings. The summed E-state index contributed by atoms with van der Waals surface area (Å²) in [6.07, 6.45) is 3.06. The maximum Gasteiger partial charge on any atom is 0.303 e. The van der Waals surface area contributed by atoms with Crippen LogP contribution in [0.3, 0.4) is 0 Å². The Kier molecular flexibility index (Phi) is 6.36. The number of carboxylic acids is 1. The number of carbonyl (C=O) groups is 1. The smallest absolute Gasteiger partial charge is 0.303 e. The van der Waals surface area contributed by atoms with Crippen LogP contribution in [0.15, 0.2) is 82.2 Å². The molecule has 5 aromatic rings. The van der Waals surface area contributed by atoms with Gasteiger partial charge in [0.05, 0.1) is 16.6 Å². The second kappa shape index (κ2) is 9.91. The van der Waals surface area contributed by atoms with Gasteiger partial charge >= 0.3 is 5.97 Å². The van der Waals surface area contributed by atoms with E-state index in [1.807, 2.05) is 18.2 Å². The van der Waals surface area contributed by atoms with Crippen LogP contribution in [-0.4, -0.2) is 30.8 Å². The van der Waals surface area contributed by atoms with Gasteiger partial charge in [-0.25, -0.2) is 9.37 Å². The lowest BCUT2D eigenvalue weighted by Crippen LogP contribution is -2.24. The van der Waals surface area contributed by atoms with Crippen molar-refractivity contribution in [3.05, 3.63) is 94.9 Å². The molecule has 1 N–H and O–H groups in total. The average molecular weight is 484 g/mol. The van der Waals surface area contributed by atoms with Crippen molar-refractivity contribution in [2.24, 2.45) is 0 Å². The molecule has 5 rings (SSSR count). The fourth-order valence-electron chi connectivity index (χ4n) is 4.01. The molecule has 0 unspecified atom stereocenters. The molecule has 0 saturated carbocycles. The number of rotatable bonds is 8. The molecular formula is C27H21FN4O4. The topological polar surface area (TPSA) is 111 Å². The van der Waals surface area contributed by atoms with Gasteiger partial charge in [-0.1, -0.05) is 17.3 Å². The second-order valence-electron chi connectivity index (χ2n) is 8.27. The largest absolute Gasteiger partial charge is 0.481 e. The van der Waals surface area contributed by atoms with E-state index in [2.05, 4.69) is 10.1 Å². The number of aryl methyl sites for hydroxylation is 1. The van der Waals surface area contributed by atoms with Crippen molar-refractivity contribution in [2.75, 3.05) is 0 Å². The zero-order valence-corrected chi connectivity index (χ0v) is 19.1. The van der Waals surface area contributed by atoms with Gasteiger partial charge < -0.3 is 9.63 Å². The highest BCUT2D eigenvalue weighted by molar-refractivity contribution is 5.83. The molecule has 0 atom stereocenters. The van der Waals surface area contributed by atoms with E-state index in [9.17, 15) is 14.0 Å². The molecule has 0 aliphatic carbocycles. The maximum atomic E-state index is 13.5. The number of pyridine rings is 1. The quantitative estimate of drug-likeness (QED) is 0.307. The van der Waals surface area contributed by atoms with Gasteiger partial charge in [-0.15, -0.1) is 0 Å². The predicted octanol–water partition coefficient (Wildman–Crippen LogP) is 5.04. The lowest BCUT2D eigenvalue weighted by molar-refractivity contribution is -0.137. The van der Waals surface area contributed by atoms with E-state index in [1.165, 1.54) is 28.8 Å². The van der Waals surface area contributed by atoms with Crippen LogP contribution < -0.4 is 5.56 Å². The maximum absolute atomic E-state index is 13.5. The number of hydrogen-bond donors (Lipinski definition) is 1. The van der Waals surface area contributed by atoms with Gasteiger partial charge in [-0.2, -0.15) is 0 Å². The Morgan fingerprint density at radius 1 is 1.00 bits per heavy atom. The Morgan fingerprint density at radius 2 is 1.83 bits per heavy atom. The first-order chi connectivity index (χ1) is 17.5. The molecule has 2 aromatic carbocycles. The van der Waals surface area contributed by atoms with Crippen molar-refractivity contribution in [3.8, 4) is 28.4 Å². The minimum absolute atomic E-state index is 0.0310. The van der Waals surface area contributed by atoms with Gasteiger partial charge in [0, 0.05) is 30.7 Å². The van der Waals surface area contributed by atoms with E-state index in [-0.39, 0.29) is 12.0 Å². The number of halogens is 1. The molecular weight excluding hydrogens is 463 g/mol. The van der Waals surface area contributed by atoms with Gasteiger partial charge in [0.15, 0.2) is 5.76 Å². The molecule has 0 aliphatic heterocycles. The fourth-order valence-corrected chi connectivity index (χ4v) is 4.01. The molecule has 0 fully saturated rings.